The molecule has 0 radical (unpaired) electrons. The van der Waals surface area contributed by atoms with Crippen LogP contribution >= 0.6 is 0 Å². The second kappa shape index (κ2) is 10.2. The van der Waals surface area contributed by atoms with Gasteiger partial charge in [0.2, 0.25) is 5.91 Å². The number of carbonyl (C=O) groups excluding carboxylic acids is 1. The predicted molar refractivity (Wildman–Crippen MR) is 86.4 cm³/mol. The normalized spacial score (nSPS) is 12.0. The highest BCUT2D eigenvalue weighted by atomic mass is 16.5. The van der Waals surface area contributed by atoms with E-state index in [-0.39, 0.29) is 11.9 Å². The van der Waals surface area contributed by atoms with Crippen molar-refractivity contribution < 1.29 is 9.53 Å². The Morgan fingerprint density at radius 3 is 2.67 bits per heavy atom. The minimum Gasteiger partial charge on any atom is -0.496 e. The molecule has 1 aromatic rings. The van der Waals surface area contributed by atoms with Crippen molar-refractivity contribution in [2.24, 2.45) is 5.73 Å². The van der Waals surface area contributed by atoms with E-state index in [0.29, 0.717) is 6.42 Å². The average Bonchev–Trinajstić information content (AvgIpc) is 2.47. The minimum atomic E-state index is 0.109. The lowest BCUT2D eigenvalue weighted by Gasteiger charge is -2.16. The lowest BCUT2D eigenvalue weighted by molar-refractivity contribution is -0.121. The van der Waals surface area contributed by atoms with Crippen molar-refractivity contribution in [1.29, 1.82) is 0 Å². The van der Waals surface area contributed by atoms with E-state index in [0.717, 1.165) is 50.0 Å². The van der Waals surface area contributed by atoms with Crippen LogP contribution in [-0.2, 0) is 11.2 Å². The molecule has 1 atom stereocenters. The van der Waals surface area contributed by atoms with Gasteiger partial charge in [-0.1, -0.05) is 31.0 Å². The summed E-state index contributed by atoms with van der Waals surface area (Å²) in [5, 5.41) is 3.05. The molecule has 4 nitrogen and oxygen atoms in total. The fourth-order valence-corrected chi connectivity index (χ4v) is 2.38. The lowest BCUT2D eigenvalue weighted by atomic mass is 10.1. The SMILES string of the molecule is COc1ccccc1CC(C)NC(=O)CCCCCCN. The van der Waals surface area contributed by atoms with Gasteiger partial charge in [-0.15, -0.1) is 0 Å². The molecule has 0 fully saturated rings. The van der Waals surface area contributed by atoms with E-state index in [9.17, 15) is 4.79 Å². The monoisotopic (exact) mass is 292 g/mol. The highest BCUT2D eigenvalue weighted by Gasteiger charge is 2.10. The maximum absolute atomic E-state index is 11.9. The fraction of sp³-hybridized carbons (Fsp3) is 0.588. The first-order chi connectivity index (χ1) is 10.2. The van der Waals surface area contributed by atoms with Gasteiger partial charge < -0.3 is 15.8 Å². The van der Waals surface area contributed by atoms with Gasteiger partial charge in [0, 0.05) is 12.5 Å². The van der Waals surface area contributed by atoms with Gasteiger partial charge in [0.25, 0.3) is 0 Å². The smallest absolute Gasteiger partial charge is 0.220 e. The molecule has 0 aromatic heterocycles. The van der Waals surface area contributed by atoms with Crippen LogP contribution in [0.15, 0.2) is 24.3 Å². The van der Waals surface area contributed by atoms with E-state index in [1.54, 1.807) is 7.11 Å². The molecular formula is C17H28N2O2. The molecule has 0 aliphatic rings. The van der Waals surface area contributed by atoms with E-state index in [1.165, 1.54) is 0 Å². The molecule has 0 saturated heterocycles. The molecule has 0 saturated carbocycles. The largest absolute Gasteiger partial charge is 0.496 e. The molecule has 0 spiro atoms. The number of rotatable bonds is 10. The van der Waals surface area contributed by atoms with Crippen molar-refractivity contribution in [3.63, 3.8) is 0 Å². The molecule has 118 valence electrons. The summed E-state index contributed by atoms with van der Waals surface area (Å²) in [7, 11) is 1.67. The molecule has 0 aliphatic heterocycles. The molecule has 0 bridgehead atoms. The molecule has 1 amide bonds. The minimum absolute atomic E-state index is 0.109. The number of nitrogens with two attached hydrogens (primary N) is 1. The van der Waals surface area contributed by atoms with Crippen LogP contribution in [0.25, 0.3) is 0 Å². The zero-order valence-electron chi connectivity index (χ0n) is 13.2. The maximum Gasteiger partial charge on any atom is 0.220 e. The second-order valence-corrected chi connectivity index (χ2v) is 5.44. The molecule has 0 heterocycles. The summed E-state index contributed by atoms with van der Waals surface area (Å²) < 4.78 is 5.33. The van der Waals surface area contributed by atoms with Crippen LogP contribution in [-0.4, -0.2) is 25.6 Å². The van der Waals surface area contributed by atoms with Crippen molar-refractivity contribution in [3.05, 3.63) is 29.8 Å². The van der Waals surface area contributed by atoms with Crippen molar-refractivity contribution in [2.75, 3.05) is 13.7 Å². The Bertz CT molecular complexity index is 421. The van der Waals surface area contributed by atoms with Gasteiger partial charge in [-0.05, 0) is 44.4 Å². The van der Waals surface area contributed by atoms with E-state index in [4.69, 9.17) is 10.5 Å². The first-order valence-electron chi connectivity index (χ1n) is 7.78. The predicted octanol–water partition coefficient (Wildman–Crippen LogP) is 2.65. The molecule has 21 heavy (non-hydrogen) atoms. The Kier molecular flexibility index (Phi) is 8.51. The van der Waals surface area contributed by atoms with Crippen LogP contribution in [0.4, 0.5) is 0 Å². The third kappa shape index (κ3) is 7.14. The number of nitrogens with one attached hydrogen (secondary N) is 1. The summed E-state index contributed by atoms with van der Waals surface area (Å²) in [6.45, 7) is 2.76. The number of ether oxygens (including phenoxy) is 1. The van der Waals surface area contributed by atoms with E-state index < -0.39 is 0 Å². The van der Waals surface area contributed by atoms with Gasteiger partial charge >= 0.3 is 0 Å². The zero-order valence-corrected chi connectivity index (χ0v) is 13.2. The Morgan fingerprint density at radius 1 is 1.24 bits per heavy atom. The third-order valence-corrected chi connectivity index (χ3v) is 3.48. The van der Waals surface area contributed by atoms with Crippen molar-refractivity contribution in [2.45, 2.75) is 51.5 Å². The van der Waals surface area contributed by atoms with Crippen molar-refractivity contribution >= 4 is 5.91 Å². The van der Waals surface area contributed by atoms with Crippen LogP contribution < -0.4 is 15.8 Å². The molecule has 1 rings (SSSR count). The molecular weight excluding hydrogens is 264 g/mol. The summed E-state index contributed by atoms with van der Waals surface area (Å²) >= 11 is 0. The molecule has 1 aromatic carbocycles. The Balaban J connectivity index is 2.29. The van der Waals surface area contributed by atoms with Crippen LogP contribution in [0.5, 0.6) is 5.75 Å². The van der Waals surface area contributed by atoms with E-state index in [1.807, 2.05) is 31.2 Å². The quantitative estimate of drug-likeness (QED) is 0.652. The summed E-state index contributed by atoms with van der Waals surface area (Å²) in [5.74, 6) is 1.01. The average molecular weight is 292 g/mol. The van der Waals surface area contributed by atoms with Gasteiger partial charge in [0.1, 0.15) is 5.75 Å². The maximum atomic E-state index is 11.9. The first-order valence-corrected chi connectivity index (χ1v) is 7.78. The lowest BCUT2D eigenvalue weighted by Crippen LogP contribution is -2.33. The van der Waals surface area contributed by atoms with Gasteiger partial charge in [-0.25, -0.2) is 0 Å². The Hall–Kier alpha value is -1.55. The van der Waals surface area contributed by atoms with Crippen molar-refractivity contribution in [1.82, 2.24) is 5.32 Å². The summed E-state index contributed by atoms with van der Waals surface area (Å²) in [4.78, 5) is 11.9. The number of para-hydroxylation sites is 1. The highest BCUT2D eigenvalue weighted by Crippen LogP contribution is 2.18. The standard InChI is InChI=1S/C17H28N2O2/c1-14(13-15-9-6-7-10-16(15)21-2)19-17(20)11-5-3-4-8-12-18/h6-7,9-10,14H,3-5,8,11-13,18H2,1-2H3,(H,19,20). The molecule has 3 N–H and O–H groups in total. The number of benzene rings is 1. The summed E-state index contributed by atoms with van der Waals surface area (Å²) in [5.41, 5.74) is 6.56. The van der Waals surface area contributed by atoms with Crippen LogP contribution in [0.3, 0.4) is 0 Å². The van der Waals surface area contributed by atoms with E-state index >= 15 is 0 Å². The Labute approximate surface area is 128 Å². The van der Waals surface area contributed by atoms with Crippen LogP contribution in [0, 0.1) is 0 Å². The third-order valence-electron chi connectivity index (χ3n) is 3.48. The zero-order chi connectivity index (χ0) is 15.5. The molecule has 0 aliphatic carbocycles. The Morgan fingerprint density at radius 2 is 1.95 bits per heavy atom. The number of hydrogen-bond donors (Lipinski definition) is 2. The van der Waals surface area contributed by atoms with E-state index in [2.05, 4.69) is 5.32 Å². The molecule has 4 heteroatoms. The van der Waals surface area contributed by atoms with Gasteiger partial charge in [0.15, 0.2) is 0 Å². The first kappa shape index (κ1) is 17.5. The summed E-state index contributed by atoms with van der Waals surface area (Å²) in [6.07, 6.45) is 5.55. The van der Waals surface area contributed by atoms with Gasteiger partial charge in [0.05, 0.1) is 7.11 Å². The van der Waals surface area contributed by atoms with Gasteiger partial charge in [-0.3, -0.25) is 4.79 Å². The number of unbranched alkanes of at least 4 members (excludes halogenated alkanes) is 3. The number of hydrogen-bond acceptors (Lipinski definition) is 3. The van der Waals surface area contributed by atoms with Gasteiger partial charge in [-0.2, -0.15) is 0 Å². The fourth-order valence-electron chi connectivity index (χ4n) is 2.38. The number of methoxy groups -OCH3 is 1. The number of carbonyl (C=O) groups is 1. The number of amides is 1. The summed E-state index contributed by atoms with van der Waals surface area (Å²) in [6, 6.07) is 8.03. The van der Waals surface area contributed by atoms with Crippen LogP contribution in [0.1, 0.15) is 44.6 Å². The topological polar surface area (TPSA) is 64.3 Å². The van der Waals surface area contributed by atoms with Crippen LogP contribution in [0.2, 0.25) is 0 Å². The molecule has 1 unspecified atom stereocenters. The second-order valence-electron chi connectivity index (χ2n) is 5.44. The van der Waals surface area contributed by atoms with Crippen molar-refractivity contribution in [3.8, 4) is 5.75 Å². The highest BCUT2D eigenvalue weighted by molar-refractivity contribution is 5.76.